The number of unbranched alkanes of at least 4 members (excludes halogenated alkanes) is 1. The first-order valence-corrected chi connectivity index (χ1v) is 5.83. The van der Waals surface area contributed by atoms with Gasteiger partial charge in [-0.3, -0.25) is 0 Å². The third kappa shape index (κ3) is 4.05. The zero-order chi connectivity index (χ0) is 12.0. The largest absolute Gasteiger partial charge is 0.456 e. The molecule has 1 aromatic rings. The van der Waals surface area contributed by atoms with Crippen molar-refractivity contribution in [2.75, 3.05) is 0 Å². The van der Waals surface area contributed by atoms with Gasteiger partial charge < -0.3 is 4.74 Å². The average molecular weight is 220 g/mol. The molecule has 0 aromatic heterocycles. The van der Waals surface area contributed by atoms with E-state index in [1.807, 2.05) is 32.0 Å². The van der Waals surface area contributed by atoms with E-state index >= 15 is 0 Å². The van der Waals surface area contributed by atoms with Crippen LogP contribution >= 0.6 is 0 Å². The highest BCUT2D eigenvalue weighted by atomic mass is 16.6. The summed E-state index contributed by atoms with van der Waals surface area (Å²) >= 11 is 0. The summed E-state index contributed by atoms with van der Waals surface area (Å²) in [5, 5.41) is 0. The molecule has 0 atom stereocenters. The number of carbonyl (C=O) groups is 1. The number of ether oxygens (including phenoxy) is 1. The van der Waals surface area contributed by atoms with Gasteiger partial charge >= 0.3 is 5.97 Å². The number of rotatable bonds is 5. The molecule has 1 aromatic carbocycles. The van der Waals surface area contributed by atoms with Gasteiger partial charge in [0.1, 0.15) is 5.60 Å². The molecule has 0 saturated carbocycles. The van der Waals surface area contributed by atoms with Crippen molar-refractivity contribution in [2.45, 2.75) is 45.6 Å². The zero-order valence-corrected chi connectivity index (χ0v) is 10.3. The molecule has 0 saturated heterocycles. The molecule has 0 aliphatic heterocycles. The summed E-state index contributed by atoms with van der Waals surface area (Å²) in [6.07, 6.45) is 3.10. The molecule has 88 valence electrons. The molecule has 2 heteroatoms. The lowest BCUT2D eigenvalue weighted by molar-refractivity contribution is -0.00532. The van der Waals surface area contributed by atoms with Crippen molar-refractivity contribution in [3.8, 4) is 0 Å². The molecule has 0 radical (unpaired) electrons. The first-order valence-electron chi connectivity index (χ1n) is 5.83. The van der Waals surface area contributed by atoms with Crippen LogP contribution in [-0.2, 0) is 4.74 Å². The Balaban J connectivity index is 2.57. The Morgan fingerprint density at radius 1 is 1.25 bits per heavy atom. The molecule has 0 aliphatic carbocycles. The number of hydrogen-bond donors (Lipinski definition) is 0. The van der Waals surface area contributed by atoms with Crippen molar-refractivity contribution in [1.82, 2.24) is 0 Å². The molecular weight excluding hydrogens is 200 g/mol. The van der Waals surface area contributed by atoms with Gasteiger partial charge in [0.25, 0.3) is 0 Å². The number of carbonyl (C=O) groups excluding carboxylic acids is 1. The number of benzene rings is 1. The Morgan fingerprint density at radius 3 is 2.44 bits per heavy atom. The van der Waals surface area contributed by atoms with Crippen molar-refractivity contribution in [3.63, 3.8) is 0 Å². The first-order chi connectivity index (χ1) is 7.55. The van der Waals surface area contributed by atoms with Crippen LogP contribution in [0.15, 0.2) is 30.3 Å². The van der Waals surface area contributed by atoms with Gasteiger partial charge in [-0.2, -0.15) is 0 Å². The van der Waals surface area contributed by atoms with E-state index in [1.165, 1.54) is 0 Å². The Morgan fingerprint density at radius 2 is 1.88 bits per heavy atom. The minimum absolute atomic E-state index is 0.235. The van der Waals surface area contributed by atoms with Crippen LogP contribution < -0.4 is 0 Å². The van der Waals surface area contributed by atoms with Crippen molar-refractivity contribution < 1.29 is 9.53 Å². The van der Waals surface area contributed by atoms with Crippen molar-refractivity contribution in [3.05, 3.63) is 35.9 Å². The highest BCUT2D eigenvalue weighted by molar-refractivity contribution is 5.89. The Hall–Kier alpha value is -1.31. The summed E-state index contributed by atoms with van der Waals surface area (Å²) in [5.74, 6) is -0.235. The van der Waals surface area contributed by atoms with E-state index in [-0.39, 0.29) is 11.6 Å². The second-order valence-electron chi connectivity index (χ2n) is 4.62. The molecule has 0 aliphatic rings. The van der Waals surface area contributed by atoms with E-state index in [4.69, 9.17) is 4.74 Å². The molecule has 0 heterocycles. The fourth-order valence-electron chi connectivity index (χ4n) is 1.54. The molecule has 1 rings (SSSR count). The molecule has 0 fully saturated rings. The Kier molecular flexibility index (Phi) is 4.53. The van der Waals surface area contributed by atoms with Gasteiger partial charge in [-0.15, -0.1) is 0 Å². The van der Waals surface area contributed by atoms with E-state index in [0.717, 1.165) is 19.3 Å². The molecule has 0 bridgehead atoms. The fraction of sp³-hybridized carbons (Fsp3) is 0.500. The Bertz CT molecular complexity index is 328. The summed E-state index contributed by atoms with van der Waals surface area (Å²) in [6, 6.07) is 9.13. The highest BCUT2D eigenvalue weighted by Gasteiger charge is 2.22. The maximum absolute atomic E-state index is 11.8. The van der Waals surface area contributed by atoms with Gasteiger partial charge in [0.15, 0.2) is 0 Å². The lowest BCUT2D eigenvalue weighted by Crippen LogP contribution is -2.28. The van der Waals surface area contributed by atoms with Crippen LogP contribution in [0.5, 0.6) is 0 Å². The van der Waals surface area contributed by atoms with E-state index in [9.17, 15) is 4.79 Å². The summed E-state index contributed by atoms with van der Waals surface area (Å²) in [7, 11) is 0. The molecule has 0 amide bonds. The van der Waals surface area contributed by atoms with Crippen LogP contribution in [0.25, 0.3) is 0 Å². The van der Waals surface area contributed by atoms with Crippen molar-refractivity contribution in [1.29, 1.82) is 0 Å². The third-order valence-electron chi connectivity index (χ3n) is 2.51. The van der Waals surface area contributed by atoms with Crippen LogP contribution in [0, 0.1) is 0 Å². The predicted octanol–water partition coefficient (Wildman–Crippen LogP) is 3.81. The second-order valence-corrected chi connectivity index (χ2v) is 4.62. The lowest BCUT2D eigenvalue weighted by Gasteiger charge is -2.24. The van der Waals surface area contributed by atoms with E-state index in [0.29, 0.717) is 5.56 Å². The molecule has 0 spiro atoms. The first kappa shape index (κ1) is 12.8. The monoisotopic (exact) mass is 220 g/mol. The normalized spacial score (nSPS) is 11.2. The maximum Gasteiger partial charge on any atom is 0.338 e. The summed E-state index contributed by atoms with van der Waals surface area (Å²) in [6.45, 7) is 6.06. The quantitative estimate of drug-likeness (QED) is 0.705. The van der Waals surface area contributed by atoms with Gasteiger partial charge in [0, 0.05) is 0 Å². The maximum atomic E-state index is 11.8. The number of hydrogen-bond acceptors (Lipinski definition) is 2. The van der Waals surface area contributed by atoms with Crippen molar-refractivity contribution >= 4 is 5.97 Å². The molecule has 2 nitrogen and oxygen atoms in total. The standard InChI is InChI=1S/C14H20O2/c1-4-5-11-14(2,3)16-13(15)12-9-7-6-8-10-12/h6-10H,4-5,11H2,1-3H3. The van der Waals surface area contributed by atoms with Gasteiger partial charge in [-0.25, -0.2) is 4.79 Å². The minimum atomic E-state index is -0.372. The minimum Gasteiger partial charge on any atom is -0.456 e. The summed E-state index contributed by atoms with van der Waals surface area (Å²) in [4.78, 5) is 11.8. The Labute approximate surface area is 97.6 Å². The number of esters is 1. The lowest BCUT2D eigenvalue weighted by atomic mass is 10.0. The van der Waals surface area contributed by atoms with Crippen LogP contribution in [0.1, 0.15) is 50.4 Å². The van der Waals surface area contributed by atoms with Crippen LogP contribution in [0.2, 0.25) is 0 Å². The van der Waals surface area contributed by atoms with Gasteiger partial charge in [-0.05, 0) is 38.8 Å². The third-order valence-corrected chi connectivity index (χ3v) is 2.51. The SMILES string of the molecule is CCCCC(C)(C)OC(=O)c1ccccc1. The van der Waals surface area contributed by atoms with E-state index in [2.05, 4.69) is 6.92 Å². The molecule has 16 heavy (non-hydrogen) atoms. The van der Waals surface area contributed by atoms with E-state index in [1.54, 1.807) is 12.1 Å². The van der Waals surface area contributed by atoms with Crippen LogP contribution in [-0.4, -0.2) is 11.6 Å². The highest BCUT2D eigenvalue weighted by Crippen LogP contribution is 2.19. The average Bonchev–Trinajstić information content (AvgIpc) is 2.27. The molecular formula is C14H20O2. The fourth-order valence-corrected chi connectivity index (χ4v) is 1.54. The van der Waals surface area contributed by atoms with Crippen LogP contribution in [0.3, 0.4) is 0 Å². The summed E-state index contributed by atoms with van der Waals surface area (Å²) < 4.78 is 5.49. The van der Waals surface area contributed by atoms with Gasteiger partial charge in [0.05, 0.1) is 5.56 Å². The van der Waals surface area contributed by atoms with Crippen LogP contribution in [0.4, 0.5) is 0 Å². The zero-order valence-electron chi connectivity index (χ0n) is 10.3. The molecule has 0 N–H and O–H groups in total. The molecule has 0 unspecified atom stereocenters. The summed E-state index contributed by atoms with van der Waals surface area (Å²) in [5.41, 5.74) is 0.246. The smallest absolute Gasteiger partial charge is 0.338 e. The van der Waals surface area contributed by atoms with E-state index < -0.39 is 0 Å². The van der Waals surface area contributed by atoms with Crippen molar-refractivity contribution in [2.24, 2.45) is 0 Å². The predicted molar refractivity (Wildman–Crippen MR) is 65.5 cm³/mol. The topological polar surface area (TPSA) is 26.3 Å². The van der Waals surface area contributed by atoms with Gasteiger partial charge in [-0.1, -0.05) is 31.5 Å². The second kappa shape index (κ2) is 5.69. The van der Waals surface area contributed by atoms with Gasteiger partial charge in [0.2, 0.25) is 0 Å².